The van der Waals surface area contributed by atoms with Crippen molar-refractivity contribution in [3.05, 3.63) is 48.0 Å². The van der Waals surface area contributed by atoms with E-state index in [0.29, 0.717) is 11.4 Å². The molecule has 0 aliphatic rings. The van der Waals surface area contributed by atoms with E-state index in [1.807, 2.05) is 24.3 Å². The first-order valence-electron chi connectivity index (χ1n) is 4.72. The molecule has 0 aromatic carbocycles. The lowest BCUT2D eigenvalue weighted by Gasteiger charge is -2.01. The third kappa shape index (κ3) is 2.81. The Morgan fingerprint density at radius 1 is 0.882 bits per heavy atom. The summed E-state index contributed by atoms with van der Waals surface area (Å²) in [6.07, 6.45) is 3.18. The van der Waals surface area contributed by atoms with Crippen molar-refractivity contribution in [2.24, 2.45) is 0 Å². The first-order chi connectivity index (χ1) is 8.31. The number of aromatic nitrogens is 2. The molecule has 0 amide bonds. The lowest BCUT2D eigenvalue weighted by Crippen LogP contribution is -1.84. The molecule has 0 saturated carbocycles. The van der Waals surface area contributed by atoms with Crippen molar-refractivity contribution < 1.29 is 0 Å². The minimum Gasteiger partial charge on any atom is -0.245 e. The largest absolute Gasteiger partial charge is 0.245 e. The molecule has 2 heterocycles. The van der Waals surface area contributed by atoms with Gasteiger partial charge in [-0.15, -0.1) is 0 Å². The second-order valence-corrected chi connectivity index (χ2v) is 4.23. The highest BCUT2D eigenvalue weighted by molar-refractivity contribution is 7.99. The second-order valence-electron chi connectivity index (χ2n) is 3.08. The molecule has 0 saturated heterocycles. The molecule has 80 valence electrons. The summed E-state index contributed by atoms with van der Waals surface area (Å²) in [6.45, 7) is 0. The van der Waals surface area contributed by atoms with Gasteiger partial charge in [0.05, 0.1) is 0 Å². The van der Waals surface area contributed by atoms with Crippen molar-refractivity contribution in [2.45, 2.75) is 9.79 Å². The highest BCUT2D eigenvalue weighted by atomic mass is 32.2. The monoisotopic (exact) mass is 238 g/mol. The third-order valence-electron chi connectivity index (χ3n) is 1.93. The molecule has 5 heteroatoms. The molecule has 0 unspecified atom stereocenters. The van der Waals surface area contributed by atoms with Crippen molar-refractivity contribution in [1.82, 2.24) is 9.97 Å². The molecule has 0 radical (unpaired) electrons. The first kappa shape index (κ1) is 11.1. The highest BCUT2D eigenvalue weighted by Gasteiger charge is 2.01. The number of rotatable bonds is 2. The van der Waals surface area contributed by atoms with Gasteiger partial charge in [-0.3, -0.25) is 0 Å². The fourth-order valence-electron chi connectivity index (χ4n) is 1.21. The van der Waals surface area contributed by atoms with Gasteiger partial charge in [-0.05, 0) is 24.3 Å². The summed E-state index contributed by atoms with van der Waals surface area (Å²) < 4.78 is 0. The van der Waals surface area contributed by atoms with Gasteiger partial charge in [-0.2, -0.15) is 10.5 Å². The molecule has 2 rings (SSSR count). The summed E-state index contributed by atoms with van der Waals surface area (Å²) in [5, 5.41) is 17.5. The molecule has 0 bridgehead atoms. The van der Waals surface area contributed by atoms with Crippen LogP contribution in [0.4, 0.5) is 0 Å². The molecule has 0 aliphatic heterocycles. The average Bonchev–Trinajstić information content (AvgIpc) is 2.39. The predicted octanol–water partition coefficient (Wildman–Crippen LogP) is 2.37. The number of pyridine rings is 2. The Morgan fingerprint density at radius 3 is 1.76 bits per heavy atom. The van der Waals surface area contributed by atoms with Gasteiger partial charge in [0, 0.05) is 22.2 Å². The molecule has 0 fully saturated rings. The van der Waals surface area contributed by atoms with Crippen LogP contribution in [0.3, 0.4) is 0 Å². The molecule has 2 aromatic heterocycles. The fourth-order valence-corrected chi connectivity index (χ4v) is 2.08. The normalized spacial score (nSPS) is 9.29. The second kappa shape index (κ2) is 5.11. The predicted molar refractivity (Wildman–Crippen MR) is 62.0 cm³/mol. The maximum absolute atomic E-state index is 8.74. The highest BCUT2D eigenvalue weighted by Crippen LogP contribution is 2.27. The van der Waals surface area contributed by atoms with Crippen LogP contribution < -0.4 is 0 Å². The Bertz CT molecular complexity index is 569. The quantitative estimate of drug-likeness (QED) is 0.803. The molecule has 0 atom stereocenters. The van der Waals surface area contributed by atoms with Gasteiger partial charge in [0.2, 0.25) is 0 Å². The molecular formula is C12H6N4S. The summed E-state index contributed by atoms with van der Waals surface area (Å²) in [4.78, 5) is 9.61. The third-order valence-corrected chi connectivity index (χ3v) is 2.91. The van der Waals surface area contributed by atoms with E-state index in [1.165, 1.54) is 11.8 Å². The van der Waals surface area contributed by atoms with Gasteiger partial charge in [-0.1, -0.05) is 11.8 Å². The smallest absolute Gasteiger partial charge is 0.141 e. The molecular weight excluding hydrogens is 232 g/mol. The zero-order chi connectivity index (χ0) is 12.1. The van der Waals surface area contributed by atoms with Gasteiger partial charge in [0.1, 0.15) is 23.5 Å². The Morgan fingerprint density at radius 2 is 1.35 bits per heavy atom. The fraction of sp³-hybridized carbons (Fsp3) is 0. The maximum atomic E-state index is 8.74. The SMILES string of the molecule is N#Cc1cc(Sc2ccnc(C#N)c2)ccn1. The minimum absolute atomic E-state index is 0.379. The Labute approximate surface area is 103 Å². The van der Waals surface area contributed by atoms with Crippen molar-refractivity contribution in [2.75, 3.05) is 0 Å². The Balaban J connectivity index is 2.26. The number of hydrogen-bond donors (Lipinski definition) is 0. The van der Waals surface area contributed by atoms with Gasteiger partial charge in [0.15, 0.2) is 0 Å². The van der Waals surface area contributed by atoms with Crippen LogP contribution in [0.25, 0.3) is 0 Å². The summed E-state index contributed by atoms with van der Waals surface area (Å²) in [6, 6.07) is 11.0. The van der Waals surface area contributed by atoms with E-state index >= 15 is 0 Å². The molecule has 2 aromatic rings. The average molecular weight is 238 g/mol. The summed E-state index contributed by atoms with van der Waals surface area (Å²) in [5.74, 6) is 0. The number of hydrogen-bond acceptors (Lipinski definition) is 5. The van der Waals surface area contributed by atoms with E-state index in [9.17, 15) is 0 Å². The Hall–Kier alpha value is -2.37. The summed E-state index contributed by atoms with van der Waals surface area (Å²) in [5.41, 5.74) is 0.758. The first-order valence-corrected chi connectivity index (χ1v) is 5.53. The number of nitrogens with zero attached hydrogens (tertiary/aromatic N) is 4. The topological polar surface area (TPSA) is 73.4 Å². The van der Waals surface area contributed by atoms with Gasteiger partial charge in [-0.25, -0.2) is 9.97 Å². The van der Waals surface area contributed by atoms with E-state index in [-0.39, 0.29) is 0 Å². The summed E-state index contributed by atoms with van der Waals surface area (Å²) in [7, 11) is 0. The minimum atomic E-state index is 0.379. The van der Waals surface area contributed by atoms with E-state index in [4.69, 9.17) is 10.5 Å². The zero-order valence-electron chi connectivity index (χ0n) is 8.66. The van der Waals surface area contributed by atoms with Crippen LogP contribution >= 0.6 is 11.8 Å². The standard InChI is InChI=1S/C12H6N4S/c13-7-9-5-11(1-3-15-9)17-12-2-4-16-10(6-12)8-14/h1-6H. The van der Waals surface area contributed by atoms with Crippen LogP contribution in [-0.4, -0.2) is 9.97 Å². The van der Waals surface area contributed by atoms with Gasteiger partial charge in [0.25, 0.3) is 0 Å². The molecule has 0 aliphatic carbocycles. The molecule has 17 heavy (non-hydrogen) atoms. The van der Waals surface area contributed by atoms with Crippen molar-refractivity contribution in [1.29, 1.82) is 10.5 Å². The van der Waals surface area contributed by atoms with Crippen LogP contribution in [0, 0.1) is 22.7 Å². The lowest BCUT2D eigenvalue weighted by atomic mass is 10.4. The van der Waals surface area contributed by atoms with Crippen LogP contribution in [0.1, 0.15) is 11.4 Å². The number of nitriles is 2. The molecule has 4 nitrogen and oxygen atoms in total. The Kier molecular flexibility index (Phi) is 3.34. The van der Waals surface area contributed by atoms with Crippen molar-refractivity contribution in [3.8, 4) is 12.1 Å². The van der Waals surface area contributed by atoms with E-state index in [0.717, 1.165) is 9.79 Å². The van der Waals surface area contributed by atoms with Crippen LogP contribution in [-0.2, 0) is 0 Å². The zero-order valence-corrected chi connectivity index (χ0v) is 9.48. The van der Waals surface area contributed by atoms with Crippen LogP contribution in [0.5, 0.6) is 0 Å². The molecule has 0 N–H and O–H groups in total. The maximum Gasteiger partial charge on any atom is 0.141 e. The van der Waals surface area contributed by atoms with Crippen molar-refractivity contribution in [3.63, 3.8) is 0 Å². The lowest BCUT2D eigenvalue weighted by molar-refractivity contribution is 1.19. The van der Waals surface area contributed by atoms with Gasteiger partial charge >= 0.3 is 0 Å². The van der Waals surface area contributed by atoms with Crippen LogP contribution in [0.2, 0.25) is 0 Å². The van der Waals surface area contributed by atoms with E-state index < -0.39 is 0 Å². The van der Waals surface area contributed by atoms with Gasteiger partial charge < -0.3 is 0 Å². The van der Waals surface area contributed by atoms with Crippen molar-refractivity contribution >= 4 is 11.8 Å². The van der Waals surface area contributed by atoms with E-state index in [2.05, 4.69) is 9.97 Å². The summed E-state index contributed by atoms with van der Waals surface area (Å²) >= 11 is 1.46. The van der Waals surface area contributed by atoms with Crippen LogP contribution in [0.15, 0.2) is 46.5 Å². The van der Waals surface area contributed by atoms with E-state index in [1.54, 1.807) is 24.5 Å². The molecule has 0 spiro atoms.